The molecule has 1 saturated heterocycles. The zero-order valence-corrected chi connectivity index (χ0v) is 17.0. The maximum atomic E-state index is 13.0. The first kappa shape index (κ1) is 19.1. The second-order valence-corrected chi connectivity index (χ2v) is 7.48. The number of piperazine rings is 1. The van der Waals surface area contributed by atoms with E-state index < -0.39 is 0 Å². The third-order valence-electron chi connectivity index (χ3n) is 4.99. The number of rotatable bonds is 4. The molecule has 0 bridgehead atoms. The Morgan fingerprint density at radius 2 is 2.00 bits per heavy atom. The van der Waals surface area contributed by atoms with Crippen molar-refractivity contribution in [1.82, 2.24) is 25.1 Å². The van der Waals surface area contributed by atoms with E-state index in [-0.39, 0.29) is 11.9 Å². The minimum Gasteiger partial charge on any atom is -0.467 e. The van der Waals surface area contributed by atoms with Gasteiger partial charge >= 0.3 is 6.01 Å². The lowest BCUT2D eigenvalue weighted by molar-refractivity contribution is 0.102. The summed E-state index contributed by atoms with van der Waals surface area (Å²) in [6.45, 7) is 6.07. The zero-order chi connectivity index (χ0) is 20.5. The fourth-order valence-corrected chi connectivity index (χ4v) is 3.85. The van der Waals surface area contributed by atoms with E-state index in [1.54, 1.807) is 30.3 Å². The lowest BCUT2D eigenvalue weighted by atomic mass is 10.0. The number of aromatic nitrogens is 4. The third-order valence-corrected chi connectivity index (χ3v) is 4.99. The number of amides is 1. The van der Waals surface area contributed by atoms with Crippen LogP contribution in [0.5, 0.6) is 6.01 Å². The van der Waals surface area contributed by atoms with Gasteiger partial charge in [0.15, 0.2) is 0 Å². The van der Waals surface area contributed by atoms with Crippen molar-refractivity contribution in [3.8, 4) is 6.01 Å². The fourth-order valence-electron chi connectivity index (χ4n) is 3.85. The summed E-state index contributed by atoms with van der Waals surface area (Å²) < 4.78 is 6.84. The van der Waals surface area contributed by atoms with Crippen molar-refractivity contribution in [2.75, 3.05) is 30.4 Å². The number of nitrogens with one attached hydrogen (secondary N) is 2. The molecule has 0 unspecified atom stereocenters. The number of ether oxygens (including phenoxy) is 1. The van der Waals surface area contributed by atoms with Gasteiger partial charge < -0.3 is 20.3 Å². The van der Waals surface area contributed by atoms with Crippen LogP contribution in [-0.4, -0.2) is 57.9 Å². The number of carbonyl (C=O) groups is 1. The highest BCUT2D eigenvalue weighted by molar-refractivity contribution is 6.13. The topological polar surface area (TPSA) is 97.2 Å². The van der Waals surface area contributed by atoms with Crippen molar-refractivity contribution >= 4 is 28.2 Å². The van der Waals surface area contributed by atoms with Crippen LogP contribution in [0.1, 0.15) is 24.2 Å². The first-order chi connectivity index (χ1) is 13.9. The standard InChI is InChI=1S/C20H25N7O2/c1-12-9-27(10-13(2)23-12)17-6-5-15(18-16(17)8-21-20(25-18)29-4)19(28)24-14-7-22-26(3)11-14/h5-8,11-13,23H,9-10H2,1-4H3,(H,24,28)/t12-,13-/m1/s1. The summed E-state index contributed by atoms with van der Waals surface area (Å²) in [6.07, 6.45) is 5.08. The number of benzene rings is 1. The fraction of sp³-hybridized carbons (Fsp3) is 0.400. The molecule has 3 aromatic rings. The van der Waals surface area contributed by atoms with Crippen LogP contribution < -0.4 is 20.3 Å². The summed E-state index contributed by atoms with van der Waals surface area (Å²) in [4.78, 5) is 24.1. The monoisotopic (exact) mass is 395 g/mol. The summed E-state index contributed by atoms with van der Waals surface area (Å²) >= 11 is 0. The Morgan fingerprint density at radius 3 is 2.66 bits per heavy atom. The molecule has 1 aliphatic rings. The average Bonchev–Trinajstić information content (AvgIpc) is 3.10. The maximum absolute atomic E-state index is 13.0. The van der Waals surface area contributed by atoms with E-state index in [0.29, 0.717) is 28.9 Å². The van der Waals surface area contributed by atoms with E-state index in [4.69, 9.17) is 4.74 Å². The predicted octanol–water partition coefficient (Wildman–Crippen LogP) is 1.81. The molecule has 2 aromatic heterocycles. The zero-order valence-electron chi connectivity index (χ0n) is 17.0. The van der Waals surface area contributed by atoms with Crippen molar-refractivity contribution in [2.45, 2.75) is 25.9 Å². The van der Waals surface area contributed by atoms with Crippen LogP contribution in [0.25, 0.3) is 10.9 Å². The summed E-state index contributed by atoms with van der Waals surface area (Å²) in [7, 11) is 3.31. The van der Waals surface area contributed by atoms with Gasteiger partial charge in [-0.1, -0.05) is 0 Å². The van der Waals surface area contributed by atoms with Crippen LogP contribution in [0.2, 0.25) is 0 Å². The maximum Gasteiger partial charge on any atom is 0.316 e. The molecule has 2 N–H and O–H groups in total. The van der Waals surface area contributed by atoms with Gasteiger partial charge in [-0.25, -0.2) is 4.98 Å². The van der Waals surface area contributed by atoms with Crippen molar-refractivity contribution in [3.05, 3.63) is 36.3 Å². The van der Waals surface area contributed by atoms with E-state index in [1.165, 1.54) is 7.11 Å². The Morgan fingerprint density at radius 1 is 1.24 bits per heavy atom. The van der Waals surface area contributed by atoms with Crippen molar-refractivity contribution < 1.29 is 9.53 Å². The molecule has 29 heavy (non-hydrogen) atoms. The molecule has 152 valence electrons. The van der Waals surface area contributed by atoms with E-state index in [0.717, 1.165) is 24.2 Å². The van der Waals surface area contributed by atoms with E-state index in [9.17, 15) is 4.79 Å². The lowest BCUT2D eigenvalue weighted by Crippen LogP contribution is -2.54. The summed E-state index contributed by atoms with van der Waals surface area (Å²) in [5.41, 5.74) is 2.67. The van der Waals surface area contributed by atoms with Crippen molar-refractivity contribution in [1.29, 1.82) is 0 Å². The minimum absolute atomic E-state index is 0.229. The van der Waals surface area contributed by atoms with Crippen LogP contribution in [0.15, 0.2) is 30.7 Å². The van der Waals surface area contributed by atoms with E-state index in [1.807, 2.05) is 12.1 Å². The van der Waals surface area contributed by atoms with Gasteiger partial charge in [0.25, 0.3) is 5.91 Å². The Bertz CT molecular complexity index is 1040. The van der Waals surface area contributed by atoms with Gasteiger partial charge in [0.05, 0.1) is 30.1 Å². The van der Waals surface area contributed by atoms with Crippen molar-refractivity contribution in [2.24, 2.45) is 7.05 Å². The normalized spacial score (nSPS) is 19.4. The van der Waals surface area contributed by atoms with Crippen LogP contribution in [0.3, 0.4) is 0 Å². The Balaban J connectivity index is 1.76. The molecule has 3 heterocycles. The Hall–Kier alpha value is -3.20. The molecular formula is C20H25N7O2. The number of fused-ring (bicyclic) bond motifs is 1. The number of nitrogens with zero attached hydrogens (tertiary/aromatic N) is 5. The molecule has 9 heteroatoms. The van der Waals surface area contributed by atoms with Gasteiger partial charge in [-0.2, -0.15) is 10.1 Å². The molecule has 1 aromatic carbocycles. The molecule has 1 aliphatic heterocycles. The molecule has 0 spiro atoms. The number of aryl methyl sites for hydroxylation is 1. The molecule has 0 aliphatic carbocycles. The first-order valence-electron chi connectivity index (χ1n) is 9.59. The minimum atomic E-state index is -0.252. The molecule has 0 saturated carbocycles. The van der Waals surface area contributed by atoms with Gasteiger partial charge in [0, 0.05) is 55.7 Å². The molecule has 9 nitrogen and oxygen atoms in total. The second kappa shape index (κ2) is 7.67. The first-order valence-corrected chi connectivity index (χ1v) is 9.59. The molecule has 1 amide bonds. The van der Waals surface area contributed by atoms with Gasteiger partial charge in [-0.05, 0) is 26.0 Å². The Labute approximate surface area is 169 Å². The lowest BCUT2D eigenvalue weighted by Gasteiger charge is -2.38. The summed E-state index contributed by atoms with van der Waals surface area (Å²) in [5, 5.41) is 11.3. The SMILES string of the molecule is COc1ncc2c(N3C[C@@H](C)N[C@H](C)C3)ccc(C(=O)Nc3cnn(C)c3)c2n1. The number of methoxy groups -OCH3 is 1. The third kappa shape index (κ3) is 3.86. The van der Waals surface area contributed by atoms with Gasteiger partial charge in [0.1, 0.15) is 0 Å². The van der Waals surface area contributed by atoms with Crippen molar-refractivity contribution in [3.63, 3.8) is 0 Å². The second-order valence-electron chi connectivity index (χ2n) is 7.48. The van der Waals surface area contributed by atoms with Crippen LogP contribution >= 0.6 is 0 Å². The van der Waals surface area contributed by atoms with Crippen LogP contribution in [0, 0.1) is 0 Å². The number of anilines is 2. The van der Waals surface area contributed by atoms with Crippen LogP contribution in [-0.2, 0) is 7.05 Å². The average molecular weight is 395 g/mol. The predicted molar refractivity (Wildman–Crippen MR) is 112 cm³/mol. The largest absolute Gasteiger partial charge is 0.467 e. The highest BCUT2D eigenvalue weighted by Gasteiger charge is 2.24. The molecule has 0 radical (unpaired) electrons. The quantitative estimate of drug-likeness (QED) is 0.695. The summed E-state index contributed by atoms with van der Waals surface area (Å²) in [6, 6.07) is 4.74. The smallest absolute Gasteiger partial charge is 0.316 e. The van der Waals surface area contributed by atoms with E-state index in [2.05, 4.69) is 44.4 Å². The number of hydrogen-bond acceptors (Lipinski definition) is 7. The highest BCUT2D eigenvalue weighted by Crippen LogP contribution is 2.30. The van der Waals surface area contributed by atoms with Gasteiger partial charge in [-0.15, -0.1) is 0 Å². The van der Waals surface area contributed by atoms with Gasteiger partial charge in [-0.3, -0.25) is 9.48 Å². The number of hydrogen-bond donors (Lipinski definition) is 2. The van der Waals surface area contributed by atoms with E-state index >= 15 is 0 Å². The highest BCUT2D eigenvalue weighted by atomic mass is 16.5. The van der Waals surface area contributed by atoms with Gasteiger partial charge in [0.2, 0.25) is 0 Å². The molecular weight excluding hydrogens is 370 g/mol. The summed E-state index contributed by atoms with van der Waals surface area (Å²) in [5.74, 6) is -0.252. The molecule has 2 atom stereocenters. The molecule has 1 fully saturated rings. The molecule has 4 rings (SSSR count). The van der Waals surface area contributed by atoms with Crippen LogP contribution in [0.4, 0.5) is 11.4 Å². The Kier molecular flexibility index (Phi) is 5.06. The number of carbonyl (C=O) groups excluding carboxylic acids is 1.